The summed E-state index contributed by atoms with van der Waals surface area (Å²) in [7, 11) is 0. The SMILES string of the molecule is O=C(O)C(CCOc1cccc(Br)c1)Cc1ccccc1. The minimum atomic E-state index is -0.781. The lowest BCUT2D eigenvalue weighted by Crippen LogP contribution is -2.19. The normalized spacial score (nSPS) is 11.9. The number of benzene rings is 2. The van der Waals surface area contributed by atoms with Crippen molar-refractivity contribution in [2.45, 2.75) is 12.8 Å². The number of carbonyl (C=O) groups is 1. The number of ether oxygens (including phenoxy) is 1. The second kappa shape index (κ2) is 7.84. The fourth-order valence-electron chi connectivity index (χ4n) is 2.09. The number of halogens is 1. The molecule has 0 spiro atoms. The van der Waals surface area contributed by atoms with Gasteiger partial charge < -0.3 is 9.84 Å². The summed E-state index contributed by atoms with van der Waals surface area (Å²) < 4.78 is 6.56. The van der Waals surface area contributed by atoms with Crippen LogP contribution in [0.4, 0.5) is 0 Å². The maximum Gasteiger partial charge on any atom is 0.306 e. The molecule has 0 radical (unpaired) electrons. The van der Waals surface area contributed by atoms with Crippen molar-refractivity contribution < 1.29 is 14.6 Å². The summed E-state index contributed by atoms with van der Waals surface area (Å²) >= 11 is 3.38. The summed E-state index contributed by atoms with van der Waals surface area (Å²) in [4.78, 5) is 11.3. The lowest BCUT2D eigenvalue weighted by molar-refractivity contribution is -0.142. The Labute approximate surface area is 132 Å². The van der Waals surface area contributed by atoms with E-state index in [1.54, 1.807) is 0 Å². The van der Waals surface area contributed by atoms with Crippen molar-refractivity contribution in [3.05, 3.63) is 64.6 Å². The maximum absolute atomic E-state index is 11.3. The van der Waals surface area contributed by atoms with E-state index in [0.717, 1.165) is 15.8 Å². The minimum absolute atomic E-state index is 0.389. The van der Waals surface area contributed by atoms with E-state index >= 15 is 0 Å². The number of aliphatic carboxylic acids is 1. The molecule has 0 aliphatic heterocycles. The Kier molecular flexibility index (Phi) is 5.81. The van der Waals surface area contributed by atoms with Gasteiger partial charge in [0.05, 0.1) is 12.5 Å². The highest BCUT2D eigenvalue weighted by Crippen LogP contribution is 2.19. The number of hydrogen-bond acceptors (Lipinski definition) is 2. The predicted molar refractivity (Wildman–Crippen MR) is 85.5 cm³/mol. The molecule has 0 heterocycles. The van der Waals surface area contributed by atoms with E-state index in [4.69, 9.17) is 4.74 Å². The van der Waals surface area contributed by atoms with Crippen LogP contribution in [0.3, 0.4) is 0 Å². The van der Waals surface area contributed by atoms with Gasteiger partial charge in [-0.3, -0.25) is 4.79 Å². The summed E-state index contributed by atoms with van der Waals surface area (Å²) in [6, 6.07) is 17.2. The molecule has 2 aromatic carbocycles. The van der Waals surface area contributed by atoms with Crippen molar-refractivity contribution in [2.75, 3.05) is 6.61 Å². The highest BCUT2D eigenvalue weighted by Gasteiger charge is 2.18. The van der Waals surface area contributed by atoms with Crippen LogP contribution in [0.1, 0.15) is 12.0 Å². The molecule has 2 aromatic rings. The van der Waals surface area contributed by atoms with Crippen LogP contribution in [-0.2, 0) is 11.2 Å². The van der Waals surface area contributed by atoms with Crippen molar-refractivity contribution in [1.82, 2.24) is 0 Å². The van der Waals surface area contributed by atoms with Gasteiger partial charge in [-0.1, -0.05) is 52.3 Å². The van der Waals surface area contributed by atoms with Crippen LogP contribution in [0.25, 0.3) is 0 Å². The monoisotopic (exact) mass is 348 g/mol. The summed E-state index contributed by atoms with van der Waals surface area (Å²) in [5.74, 6) is -0.468. The molecular formula is C17H17BrO3. The fourth-order valence-corrected chi connectivity index (χ4v) is 2.47. The summed E-state index contributed by atoms with van der Waals surface area (Å²) in [6.07, 6.45) is 1.01. The molecule has 1 N–H and O–H groups in total. The van der Waals surface area contributed by atoms with Gasteiger partial charge in [0.15, 0.2) is 0 Å². The fraction of sp³-hybridized carbons (Fsp3) is 0.235. The van der Waals surface area contributed by atoms with Crippen LogP contribution in [0.5, 0.6) is 5.75 Å². The maximum atomic E-state index is 11.3. The van der Waals surface area contributed by atoms with Crippen molar-refractivity contribution >= 4 is 21.9 Å². The zero-order valence-corrected chi connectivity index (χ0v) is 13.1. The summed E-state index contributed by atoms with van der Waals surface area (Å²) in [5.41, 5.74) is 1.03. The topological polar surface area (TPSA) is 46.5 Å². The van der Waals surface area contributed by atoms with Gasteiger partial charge in [-0.05, 0) is 36.6 Å². The van der Waals surface area contributed by atoms with Crippen LogP contribution in [-0.4, -0.2) is 17.7 Å². The Morgan fingerprint density at radius 2 is 1.90 bits per heavy atom. The molecule has 0 aromatic heterocycles. The quantitative estimate of drug-likeness (QED) is 0.816. The molecule has 0 aliphatic rings. The molecule has 0 saturated heterocycles. The lowest BCUT2D eigenvalue weighted by atomic mass is 9.97. The number of carboxylic acid groups (broad SMARTS) is 1. The molecule has 2 rings (SSSR count). The first-order valence-corrected chi connectivity index (χ1v) is 7.59. The van der Waals surface area contributed by atoms with Gasteiger partial charge in [0, 0.05) is 4.47 Å². The Morgan fingerprint density at radius 1 is 1.14 bits per heavy atom. The highest BCUT2D eigenvalue weighted by atomic mass is 79.9. The third-order valence-corrected chi connectivity index (χ3v) is 3.70. The highest BCUT2D eigenvalue weighted by molar-refractivity contribution is 9.10. The standard InChI is InChI=1S/C17H17BrO3/c18-15-7-4-8-16(12-15)21-10-9-14(17(19)20)11-13-5-2-1-3-6-13/h1-8,12,14H,9-11H2,(H,19,20). The Hall–Kier alpha value is -1.81. The molecule has 0 saturated carbocycles. The predicted octanol–water partition coefficient (Wildman–Crippen LogP) is 4.16. The van der Waals surface area contributed by atoms with Crippen LogP contribution in [0.2, 0.25) is 0 Å². The molecule has 0 aliphatic carbocycles. The molecular weight excluding hydrogens is 332 g/mol. The zero-order chi connectivity index (χ0) is 15.1. The Bertz CT molecular complexity index is 584. The van der Waals surface area contributed by atoms with Crippen molar-refractivity contribution in [3.8, 4) is 5.75 Å². The van der Waals surface area contributed by atoms with Gasteiger partial charge in [-0.2, -0.15) is 0 Å². The van der Waals surface area contributed by atoms with E-state index in [1.165, 1.54) is 0 Å². The third-order valence-electron chi connectivity index (χ3n) is 3.21. The summed E-state index contributed by atoms with van der Waals surface area (Å²) in [6.45, 7) is 0.389. The molecule has 0 bridgehead atoms. The second-order valence-electron chi connectivity index (χ2n) is 4.82. The molecule has 110 valence electrons. The van der Waals surface area contributed by atoms with Gasteiger partial charge in [0.2, 0.25) is 0 Å². The van der Waals surface area contributed by atoms with Crippen LogP contribution < -0.4 is 4.74 Å². The van der Waals surface area contributed by atoms with Gasteiger partial charge in [-0.15, -0.1) is 0 Å². The molecule has 0 amide bonds. The Balaban J connectivity index is 1.87. The van der Waals surface area contributed by atoms with E-state index < -0.39 is 11.9 Å². The first-order chi connectivity index (χ1) is 10.1. The zero-order valence-electron chi connectivity index (χ0n) is 11.5. The van der Waals surface area contributed by atoms with Crippen molar-refractivity contribution in [2.24, 2.45) is 5.92 Å². The van der Waals surface area contributed by atoms with Gasteiger partial charge in [0.25, 0.3) is 0 Å². The summed E-state index contributed by atoms with van der Waals surface area (Å²) in [5, 5.41) is 9.31. The van der Waals surface area contributed by atoms with Crippen LogP contribution >= 0.6 is 15.9 Å². The molecule has 21 heavy (non-hydrogen) atoms. The van der Waals surface area contributed by atoms with Crippen molar-refractivity contribution in [3.63, 3.8) is 0 Å². The lowest BCUT2D eigenvalue weighted by Gasteiger charge is -2.13. The number of rotatable bonds is 7. The molecule has 1 unspecified atom stereocenters. The average molecular weight is 349 g/mol. The molecule has 4 heteroatoms. The van der Waals surface area contributed by atoms with Crippen LogP contribution in [0, 0.1) is 5.92 Å². The first kappa shape index (κ1) is 15.6. The molecule has 3 nitrogen and oxygen atoms in total. The van der Waals surface area contributed by atoms with E-state index in [2.05, 4.69) is 15.9 Å². The Morgan fingerprint density at radius 3 is 2.57 bits per heavy atom. The van der Waals surface area contributed by atoms with Gasteiger partial charge in [0.1, 0.15) is 5.75 Å². The van der Waals surface area contributed by atoms with Crippen molar-refractivity contribution in [1.29, 1.82) is 0 Å². The minimum Gasteiger partial charge on any atom is -0.494 e. The van der Waals surface area contributed by atoms with E-state index in [-0.39, 0.29) is 0 Å². The first-order valence-electron chi connectivity index (χ1n) is 6.80. The van der Waals surface area contributed by atoms with Gasteiger partial charge >= 0.3 is 5.97 Å². The smallest absolute Gasteiger partial charge is 0.306 e. The van der Waals surface area contributed by atoms with E-state index in [1.807, 2.05) is 54.6 Å². The van der Waals surface area contributed by atoms with E-state index in [9.17, 15) is 9.90 Å². The third kappa shape index (κ3) is 5.23. The average Bonchev–Trinajstić information content (AvgIpc) is 2.47. The van der Waals surface area contributed by atoms with E-state index in [0.29, 0.717) is 19.4 Å². The number of hydrogen-bond donors (Lipinski definition) is 1. The molecule has 0 fully saturated rings. The largest absolute Gasteiger partial charge is 0.494 e. The second-order valence-corrected chi connectivity index (χ2v) is 5.74. The van der Waals surface area contributed by atoms with Crippen LogP contribution in [0.15, 0.2) is 59.1 Å². The molecule has 1 atom stereocenters. The number of carboxylic acids is 1. The van der Waals surface area contributed by atoms with Gasteiger partial charge in [-0.25, -0.2) is 0 Å².